The van der Waals surface area contributed by atoms with Crippen LogP contribution in [0.4, 0.5) is 33.9 Å². The maximum atomic E-state index is 15.7. The van der Waals surface area contributed by atoms with Crippen molar-refractivity contribution in [2.45, 2.75) is 91.3 Å². The molecule has 1 saturated carbocycles. The summed E-state index contributed by atoms with van der Waals surface area (Å²) < 4.78 is 65.9. The quantitative estimate of drug-likeness (QED) is 0.127. The van der Waals surface area contributed by atoms with E-state index in [1.54, 1.807) is 29.3 Å². The number of anilines is 2. The molecule has 4 heterocycles. The largest absolute Gasteiger partial charge is 0.573 e. The van der Waals surface area contributed by atoms with Crippen LogP contribution in [0.3, 0.4) is 0 Å². The highest BCUT2D eigenvalue weighted by Crippen LogP contribution is 2.53. The van der Waals surface area contributed by atoms with Crippen molar-refractivity contribution in [2.75, 3.05) is 37.0 Å². The fourth-order valence-corrected chi connectivity index (χ4v) is 8.48. The second-order valence-electron chi connectivity index (χ2n) is 17.6. The van der Waals surface area contributed by atoms with Crippen LogP contribution in [0.15, 0.2) is 60.9 Å². The lowest BCUT2D eigenvalue weighted by atomic mass is 10.0. The average Bonchev–Trinajstić information content (AvgIpc) is 3.58. The molecule has 336 valence electrons. The third-order valence-corrected chi connectivity index (χ3v) is 12.3. The third-order valence-electron chi connectivity index (χ3n) is 12.3. The molecule has 1 aliphatic carbocycles. The molecule has 7 rings (SSSR count). The van der Waals surface area contributed by atoms with Gasteiger partial charge in [0.1, 0.15) is 29.3 Å². The van der Waals surface area contributed by atoms with Crippen LogP contribution in [0, 0.1) is 23.1 Å². The molecule has 4 aromatic rings. The first-order chi connectivity index (χ1) is 29.7. The van der Waals surface area contributed by atoms with E-state index in [4.69, 9.17) is 9.72 Å². The predicted molar refractivity (Wildman–Crippen MR) is 226 cm³/mol. The van der Waals surface area contributed by atoms with Gasteiger partial charge in [-0.3, -0.25) is 14.4 Å². The maximum Gasteiger partial charge on any atom is 0.573 e. The number of aromatic amines is 1. The molecule has 2 aromatic carbocycles. The number of alkyl carbamates (subject to hydrolysis) is 1. The van der Waals surface area contributed by atoms with Crippen molar-refractivity contribution < 1.29 is 46.2 Å². The summed E-state index contributed by atoms with van der Waals surface area (Å²) in [6.07, 6.45) is -0.657. The topological polar surface area (TPSA) is 162 Å². The molecule has 2 aromatic heterocycles. The Balaban J connectivity index is 1.04. The molecule has 4 amide bonds. The van der Waals surface area contributed by atoms with Crippen LogP contribution in [-0.4, -0.2) is 99.8 Å². The van der Waals surface area contributed by atoms with E-state index in [-0.39, 0.29) is 63.9 Å². The molecule has 3 aliphatic rings. The van der Waals surface area contributed by atoms with E-state index < -0.39 is 41.7 Å². The molecular formula is C45H52F4N8O6. The number of carbonyl (C=O) groups is 4. The van der Waals surface area contributed by atoms with E-state index >= 15 is 4.39 Å². The second-order valence-corrected chi connectivity index (χ2v) is 17.6. The molecule has 0 radical (unpaired) electrons. The van der Waals surface area contributed by atoms with Gasteiger partial charge in [-0.1, -0.05) is 52.0 Å². The fraction of sp³-hybridized carbons (Fsp3) is 0.467. The number of carbonyl (C=O) groups excluding carboxylic acids is 4. The summed E-state index contributed by atoms with van der Waals surface area (Å²) in [5, 5.41) is 4.97. The van der Waals surface area contributed by atoms with Crippen LogP contribution in [-0.2, 0) is 14.3 Å². The number of pyridine rings is 1. The molecule has 3 fully saturated rings. The zero-order chi connectivity index (χ0) is 45.5. The van der Waals surface area contributed by atoms with E-state index in [2.05, 4.69) is 44.1 Å². The van der Waals surface area contributed by atoms with Crippen molar-refractivity contribution in [1.82, 2.24) is 30.1 Å². The zero-order valence-electron chi connectivity index (χ0n) is 36.2. The lowest BCUT2D eigenvalue weighted by Crippen LogP contribution is -2.59. The number of nitrogens with one attached hydrogen (secondary N) is 3. The number of hydrogen-bond acceptors (Lipinski definition) is 9. The predicted octanol–water partition coefficient (Wildman–Crippen LogP) is 7.94. The molecule has 18 heteroatoms. The summed E-state index contributed by atoms with van der Waals surface area (Å²) in [4.78, 5) is 69.9. The van der Waals surface area contributed by atoms with Crippen LogP contribution < -0.4 is 20.3 Å². The van der Waals surface area contributed by atoms with E-state index in [1.807, 2.05) is 32.6 Å². The Bertz CT molecular complexity index is 2350. The van der Waals surface area contributed by atoms with Gasteiger partial charge >= 0.3 is 12.5 Å². The summed E-state index contributed by atoms with van der Waals surface area (Å²) >= 11 is 0. The van der Waals surface area contributed by atoms with Crippen molar-refractivity contribution in [3.8, 4) is 28.1 Å². The van der Waals surface area contributed by atoms with Gasteiger partial charge in [0.25, 0.3) is 5.91 Å². The molecular weight excluding hydrogens is 825 g/mol. The number of likely N-dealkylation sites (tertiary alicyclic amines) is 1. The van der Waals surface area contributed by atoms with E-state index in [0.717, 1.165) is 25.0 Å². The number of rotatable bonds is 11. The lowest BCUT2D eigenvalue weighted by molar-refractivity contribution is -0.274. The molecule has 2 saturated heterocycles. The van der Waals surface area contributed by atoms with Crippen molar-refractivity contribution in [3.63, 3.8) is 0 Å². The Hall–Kier alpha value is -6.20. The molecule has 3 N–H and O–H groups in total. The van der Waals surface area contributed by atoms with E-state index in [9.17, 15) is 32.3 Å². The van der Waals surface area contributed by atoms with Crippen molar-refractivity contribution in [2.24, 2.45) is 17.3 Å². The highest BCUT2D eigenvalue weighted by Gasteiger charge is 2.53. The minimum atomic E-state index is -5.14. The first kappa shape index (κ1) is 44.8. The summed E-state index contributed by atoms with van der Waals surface area (Å²) in [6, 6.07) is 9.71. The average molecular weight is 877 g/mol. The summed E-state index contributed by atoms with van der Waals surface area (Å²) in [5.74, 6) is -1.70. The van der Waals surface area contributed by atoms with Crippen molar-refractivity contribution in [1.29, 1.82) is 0 Å². The van der Waals surface area contributed by atoms with Gasteiger partial charge < -0.3 is 39.8 Å². The van der Waals surface area contributed by atoms with Crippen LogP contribution in [0.2, 0.25) is 0 Å². The molecule has 0 spiro atoms. The summed E-state index contributed by atoms with van der Waals surface area (Å²) in [5.41, 5.74) is 0.604. The highest BCUT2D eigenvalue weighted by atomic mass is 19.4. The number of hydrogen-bond donors (Lipinski definition) is 3. The number of H-pyrrole nitrogens is 1. The van der Waals surface area contributed by atoms with Crippen LogP contribution in [0.5, 0.6) is 5.75 Å². The Morgan fingerprint density at radius 2 is 1.67 bits per heavy atom. The number of ether oxygens (including phenoxy) is 2. The Morgan fingerprint density at radius 1 is 0.968 bits per heavy atom. The van der Waals surface area contributed by atoms with Gasteiger partial charge in [0.05, 0.1) is 30.1 Å². The van der Waals surface area contributed by atoms with Gasteiger partial charge in [-0.2, -0.15) is 0 Å². The number of imidazole rings is 1. The number of piperazine rings is 1. The van der Waals surface area contributed by atoms with Gasteiger partial charge in [-0.05, 0) is 68.2 Å². The molecule has 5 atom stereocenters. The number of benzene rings is 2. The summed E-state index contributed by atoms with van der Waals surface area (Å²) in [6.45, 7) is 13.3. The standard InChI is InChI=1S/C45H52F4N8O6/c1-24(2)38(54-43(61)62-7)42(60)55-16-8-9-35(55)39-51-21-34(52-39)28-12-10-27(11-13-28)30-17-32(46)33(18-36(30)63-45(47,48)49)53-40(58)29-14-15-37(50-20-29)56-22-26(4)57(23-25(56)3)41(59)31-19-44(31,5)6/h10-15,17-18,20-21,24-26,31,35,38H,8-9,16,19,22-23H2,1-7H3,(H,51,52)(H,53,58)(H,54,61)/t25-,26+,31-,35+,38+/m1/s1. The Labute approximate surface area is 362 Å². The molecule has 14 nitrogen and oxygen atoms in total. The number of aromatic nitrogens is 3. The van der Waals surface area contributed by atoms with Crippen molar-refractivity contribution in [3.05, 3.63) is 78.1 Å². The minimum absolute atomic E-state index is 0.0197. The number of nitrogens with zero attached hydrogens (tertiary/aromatic N) is 5. The Kier molecular flexibility index (Phi) is 12.5. The van der Waals surface area contributed by atoms with Gasteiger partial charge in [-0.25, -0.2) is 19.2 Å². The number of amides is 4. The minimum Gasteiger partial charge on any atom is -0.453 e. The molecule has 0 bridgehead atoms. The monoisotopic (exact) mass is 876 g/mol. The number of alkyl halides is 3. The molecule has 63 heavy (non-hydrogen) atoms. The first-order valence-electron chi connectivity index (χ1n) is 21.0. The second kappa shape index (κ2) is 17.5. The number of halogens is 4. The van der Waals surface area contributed by atoms with Gasteiger partial charge in [0.15, 0.2) is 0 Å². The third kappa shape index (κ3) is 9.74. The Morgan fingerprint density at radius 3 is 2.29 bits per heavy atom. The number of methoxy groups -OCH3 is 1. The molecule has 2 aliphatic heterocycles. The zero-order valence-corrected chi connectivity index (χ0v) is 36.2. The SMILES string of the molecule is COC(=O)N[C@H](C(=O)N1CCC[C@H]1c1nc(-c2ccc(-c3cc(F)c(NC(=O)c4ccc(N5C[C@H](C)N(C(=O)[C@H]6CC6(C)C)C[C@H]5C)nc4)cc3OC(F)(F)F)cc2)c[nH]1)C(C)C. The maximum absolute atomic E-state index is 15.7. The normalized spacial score (nSPS) is 21.2. The smallest absolute Gasteiger partial charge is 0.453 e. The molecule has 0 unspecified atom stereocenters. The van der Waals surface area contributed by atoms with Crippen LogP contribution >= 0.6 is 0 Å². The van der Waals surface area contributed by atoms with E-state index in [1.165, 1.54) is 31.5 Å². The summed E-state index contributed by atoms with van der Waals surface area (Å²) in [7, 11) is 1.23. The van der Waals surface area contributed by atoms with Gasteiger partial charge in [-0.15, -0.1) is 13.2 Å². The first-order valence-corrected chi connectivity index (χ1v) is 21.0. The van der Waals surface area contributed by atoms with Gasteiger partial charge in [0, 0.05) is 67.2 Å². The lowest BCUT2D eigenvalue weighted by Gasteiger charge is -2.45. The highest BCUT2D eigenvalue weighted by molar-refractivity contribution is 6.04. The van der Waals surface area contributed by atoms with Crippen LogP contribution in [0.1, 0.15) is 83.0 Å². The van der Waals surface area contributed by atoms with Gasteiger partial charge in [0.2, 0.25) is 11.8 Å². The van der Waals surface area contributed by atoms with E-state index in [0.29, 0.717) is 49.0 Å². The van der Waals surface area contributed by atoms with Crippen molar-refractivity contribution >= 4 is 35.3 Å². The fourth-order valence-electron chi connectivity index (χ4n) is 8.48. The van der Waals surface area contributed by atoms with Crippen LogP contribution in [0.25, 0.3) is 22.4 Å².